The molecule has 1 atom stereocenters. The first kappa shape index (κ1) is 11.1. The monoisotopic (exact) mass is 233 g/mol. The Hall–Kier alpha value is -1.37. The molecule has 1 aromatic rings. The zero-order valence-corrected chi connectivity index (χ0v) is 8.28. The van der Waals surface area contributed by atoms with E-state index >= 15 is 0 Å². The van der Waals surface area contributed by atoms with E-state index in [0.29, 0.717) is 0 Å². The molecule has 7 heteroatoms. The second kappa shape index (κ2) is 3.58. The van der Waals surface area contributed by atoms with Gasteiger partial charge in [-0.05, 0) is 6.07 Å². The molecule has 0 amide bonds. The van der Waals surface area contributed by atoms with Gasteiger partial charge in [-0.1, -0.05) is 0 Å². The Kier molecular flexibility index (Phi) is 2.49. The number of rotatable bonds is 1. The average Bonchev–Trinajstić information content (AvgIpc) is 2.63. The molecule has 1 N–H and O–H groups in total. The zero-order chi connectivity index (χ0) is 11.8. The lowest BCUT2D eigenvalue weighted by Crippen LogP contribution is -2.47. The van der Waals surface area contributed by atoms with Crippen molar-refractivity contribution in [3.05, 3.63) is 18.5 Å². The number of aliphatic hydroxyl groups is 1. The van der Waals surface area contributed by atoms with Crippen molar-refractivity contribution in [2.45, 2.75) is 18.2 Å². The molecule has 0 bridgehead atoms. The molecule has 0 aromatic carbocycles. The topological polar surface area (TPSA) is 49.2 Å². The Morgan fingerprint density at radius 1 is 1.31 bits per heavy atom. The number of alkyl halides is 3. The van der Waals surface area contributed by atoms with Crippen molar-refractivity contribution in [2.75, 3.05) is 18.0 Å². The van der Waals surface area contributed by atoms with Crippen molar-refractivity contribution in [3.63, 3.8) is 0 Å². The molecule has 1 unspecified atom stereocenters. The Labute approximate surface area is 89.7 Å². The maximum absolute atomic E-state index is 12.5. The molecule has 1 aromatic heterocycles. The number of nitrogens with zero attached hydrogens (tertiary/aromatic N) is 3. The predicted molar refractivity (Wildman–Crippen MR) is 49.9 cm³/mol. The summed E-state index contributed by atoms with van der Waals surface area (Å²) in [7, 11) is 0. The average molecular weight is 233 g/mol. The third-order valence-corrected chi connectivity index (χ3v) is 2.61. The second-order valence-electron chi connectivity index (χ2n) is 3.75. The van der Waals surface area contributed by atoms with Crippen molar-refractivity contribution in [2.24, 2.45) is 0 Å². The fourth-order valence-corrected chi connectivity index (χ4v) is 1.65. The molecule has 88 valence electrons. The summed E-state index contributed by atoms with van der Waals surface area (Å²) in [4.78, 5) is 9.02. The molecule has 4 nitrogen and oxygen atoms in total. The second-order valence-corrected chi connectivity index (χ2v) is 3.75. The Balaban J connectivity index is 2.15. The molecule has 0 radical (unpaired) electrons. The van der Waals surface area contributed by atoms with Crippen molar-refractivity contribution >= 4 is 5.95 Å². The van der Waals surface area contributed by atoms with Crippen molar-refractivity contribution in [3.8, 4) is 0 Å². The van der Waals surface area contributed by atoms with Crippen LogP contribution in [0.3, 0.4) is 0 Å². The van der Waals surface area contributed by atoms with Gasteiger partial charge >= 0.3 is 6.18 Å². The van der Waals surface area contributed by atoms with E-state index in [1.54, 1.807) is 6.07 Å². The number of halogens is 3. The fourth-order valence-electron chi connectivity index (χ4n) is 1.65. The van der Waals surface area contributed by atoms with Gasteiger partial charge in [0.2, 0.25) is 5.95 Å². The molecule has 0 aliphatic carbocycles. The molecular formula is C9H10F3N3O. The predicted octanol–water partition coefficient (Wildman–Crippen LogP) is 0.980. The van der Waals surface area contributed by atoms with E-state index < -0.39 is 18.3 Å². The van der Waals surface area contributed by atoms with Crippen LogP contribution in [0.2, 0.25) is 0 Å². The lowest BCUT2D eigenvalue weighted by atomic mass is 10.0. The number of anilines is 1. The van der Waals surface area contributed by atoms with Crippen LogP contribution in [-0.2, 0) is 0 Å². The normalized spacial score (nSPS) is 26.1. The van der Waals surface area contributed by atoms with Gasteiger partial charge in [-0.3, -0.25) is 0 Å². The van der Waals surface area contributed by atoms with Crippen LogP contribution in [0, 0.1) is 0 Å². The number of hydrogen-bond acceptors (Lipinski definition) is 4. The first-order valence-corrected chi connectivity index (χ1v) is 4.73. The lowest BCUT2D eigenvalue weighted by Gasteiger charge is -2.25. The molecule has 0 saturated carbocycles. The van der Waals surface area contributed by atoms with Gasteiger partial charge < -0.3 is 10.0 Å². The largest absolute Gasteiger partial charge is 0.419 e. The van der Waals surface area contributed by atoms with Gasteiger partial charge in [-0.15, -0.1) is 0 Å². The summed E-state index contributed by atoms with van der Waals surface area (Å²) in [6.07, 6.45) is -2.06. The van der Waals surface area contributed by atoms with Crippen LogP contribution in [0.25, 0.3) is 0 Å². The first-order chi connectivity index (χ1) is 7.42. The summed E-state index contributed by atoms with van der Waals surface area (Å²) in [5.74, 6) is 0.211. The van der Waals surface area contributed by atoms with Crippen molar-refractivity contribution in [1.82, 2.24) is 9.97 Å². The van der Waals surface area contributed by atoms with Gasteiger partial charge in [0.05, 0.1) is 6.54 Å². The van der Waals surface area contributed by atoms with Crippen LogP contribution >= 0.6 is 0 Å². The lowest BCUT2D eigenvalue weighted by molar-refractivity contribution is -0.250. The molecule has 1 aliphatic rings. The van der Waals surface area contributed by atoms with Crippen LogP contribution in [0.1, 0.15) is 6.42 Å². The highest BCUT2D eigenvalue weighted by Gasteiger charge is 2.57. The third-order valence-electron chi connectivity index (χ3n) is 2.61. The summed E-state index contributed by atoms with van der Waals surface area (Å²) in [5.41, 5.74) is -2.65. The maximum Gasteiger partial charge on any atom is 0.419 e. The van der Waals surface area contributed by atoms with Gasteiger partial charge in [0.25, 0.3) is 0 Å². The SMILES string of the molecule is OC1(C(F)(F)F)CCN(c2ncccn2)C1. The molecular weight excluding hydrogens is 223 g/mol. The van der Waals surface area contributed by atoms with Gasteiger partial charge in [-0.2, -0.15) is 13.2 Å². The van der Waals surface area contributed by atoms with Gasteiger partial charge in [0, 0.05) is 25.4 Å². The molecule has 2 heterocycles. The summed E-state index contributed by atoms with van der Waals surface area (Å²) in [5, 5.41) is 9.44. The van der Waals surface area contributed by atoms with Crippen molar-refractivity contribution < 1.29 is 18.3 Å². The smallest absolute Gasteiger partial charge is 0.379 e. The van der Waals surface area contributed by atoms with Crippen molar-refractivity contribution in [1.29, 1.82) is 0 Å². The highest BCUT2D eigenvalue weighted by Crippen LogP contribution is 2.38. The molecule has 1 aliphatic heterocycles. The van der Waals surface area contributed by atoms with E-state index in [1.807, 2.05) is 0 Å². The molecule has 2 rings (SSSR count). The van der Waals surface area contributed by atoms with Crippen LogP contribution < -0.4 is 4.90 Å². The zero-order valence-electron chi connectivity index (χ0n) is 8.28. The number of hydrogen-bond donors (Lipinski definition) is 1. The van der Waals surface area contributed by atoms with Crippen LogP contribution in [0.5, 0.6) is 0 Å². The van der Waals surface area contributed by atoms with E-state index in [-0.39, 0.29) is 18.9 Å². The Morgan fingerprint density at radius 3 is 2.44 bits per heavy atom. The number of β-amino-alcohol motifs (C(OH)–C–C–N with tert-alkyl or cyclic N) is 1. The van der Waals surface area contributed by atoms with Crippen LogP contribution in [0.15, 0.2) is 18.5 Å². The Bertz CT molecular complexity index is 370. The Morgan fingerprint density at radius 2 is 1.94 bits per heavy atom. The van der Waals surface area contributed by atoms with Crippen LogP contribution in [0.4, 0.5) is 19.1 Å². The van der Waals surface area contributed by atoms with Gasteiger partial charge in [0.1, 0.15) is 0 Å². The summed E-state index contributed by atoms with van der Waals surface area (Å²) in [6.45, 7) is -0.416. The van der Waals surface area contributed by atoms with E-state index in [4.69, 9.17) is 0 Å². The van der Waals surface area contributed by atoms with Gasteiger partial charge in [-0.25, -0.2) is 9.97 Å². The summed E-state index contributed by atoms with van der Waals surface area (Å²) in [6, 6.07) is 1.58. The first-order valence-electron chi connectivity index (χ1n) is 4.73. The van der Waals surface area contributed by atoms with Gasteiger partial charge in [0.15, 0.2) is 5.60 Å². The molecule has 1 fully saturated rings. The third kappa shape index (κ3) is 1.82. The van der Waals surface area contributed by atoms with E-state index in [9.17, 15) is 18.3 Å². The maximum atomic E-state index is 12.5. The standard InChI is InChI=1S/C9H10F3N3O/c10-9(11,12)8(16)2-5-15(6-8)7-13-3-1-4-14-7/h1,3-4,16H,2,5-6H2. The minimum Gasteiger partial charge on any atom is -0.379 e. The number of aromatic nitrogens is 2. The molecule has 16 heavy (non-hydrogen) atoms. The minimum atomic E-state index is -4.61. The highest BCUT2D eigenvalue weighted by molar-refractivity contribution is 5.32. The highest BCUT2D eigenvalue weighted by atomic mass is 19.4. The quantitative estimate of drug-likeness (QED) is 0.785. The summed E-state index contributed by atoms with van der Waals surface area (Å²) < 4.78 is 37.5. The minimum absolute atomic E-state index is 0.0972. The molecule has 0 spiro atoms. The molecule has 1 saturated heterocycles. The summed E-state index contributed by atoms with van der Waals surface area (Å²) >= 11 is 0. The van der Waals surface area contributed by atoms with E-state index in [0.717, 1.165) is 0 Å². The van der Waals surface area contributed by atoms with E-state index in [2.05, 4.69) is 9.97 Å². The van der Waals surface area contributed by atoms with E-state index in [1.165, 1.54) is 17.3 Å². The fraction of sp³-hybridized carbons (Fsp3) is 0.556. The van der Waals surface area contributed by atoms with Crippen LogP contribution in [-0.4, -0.2) is 39.9 Å².